The van der Waals surface area contributed by atoms with Gasteiger partial charge in [-0.1, -0.05) is 5.10 Å². The second-order valence-corrected chi connectivity index (χ2v) is 5.33. The lowest BCUT2D eigenvalue weighted by atomic mass is 10.3. The molecule has 3 rings (SSSR count). The predicted molar refractivity (Wildman–Crippen MR) is 75.2 cm³/mol. The molecule has 1 saturated heterocycles. The number of rotatable bonds is 2. The highest BCUT2D eigenvalue weighted by Crippen LogP contribution is 2.18. The number of pyridine rings is 1. The fraction of sp³-hybridized carbons (Fsp3) is 0.455. The van der Waals surface area contributed by atoms with Gasteiger partial charge in [0, 0.05) is 43.9 Å². The molecule has 1 aliphatic heterocycles. The van der Waals surface area contributed by atoms with Crippen molar-refractivity contribution in [1.29, 1.82) is 0 Å². The molecule has 0 unspecified atom stereocenters. The average molecular weight is 324 g/mol. The third-order valence-electron chi connectivity index (χ3n) is 3.20. The first-order chi connectivity index (χ1) is 9.24. The Morgan fingerprint density at radius 1 is 1.11 bits per heavy atom. The predicted octanol–water partition coefficient (Wildman–Crippen LogP) is 0.694. The molecule has 8 heteroatoms. The van der Waals surface area contributed by atoms with Crippen molar-refractivity contribution in [1.82, 2.24) is 25.2 Å². The van der Waals surface area contributed by atoms with Crippen molar-refractivity contribution >= 4 is 27.7 Å². The van der Waals surface area contributed by atoms with Gasteiger partial charge in [-0.25, -0.2) is 9.67 Å². The standard InChI is InChI=1S/C11H14BrN7/c1-17-11(14-15-16-17)19-6-4-18(5-7-19)10-3-2-9(12)8-13-10/h2-3,8H,4-7H2,1H3. The van der Waals surface area contributed by atoms with Gasteiger partial charge >= 0.3 is 0 Å². The maximum Gasteiger partial charge on any atom is 0.245 e. The smallest absolute Gasteiger partial charge is 0.245 e. The van der Waals surface area contributed by atoms with Crippen LogP contribution >= 0.6 is 15.9 Å². The lowest BCUT2D eigenvalue weighted by Crippen LogP contribution is -2.47. The van der Waals surface area contributed by atoms with Crippen molar-refractivity contribution in [2.75, 3.05) is 36.0 Å². The second kappa shape index (κ2) is 5.12. The molecule has 2 aromatic heterocycles. The first-order valence-corrected chi connectivity index (χ1v) is 6.87. The van der Waals surface area contributed by atoms with E-state index >= 15 is 0 Å². The molecule has 0 radical (unpaired) electrons. The van der Waals surface area contributed by atoms with E-state index in [0.717, 1.165) is 42.4 Å². The van der Waals surface area contributed by atoms with Gasteiger partial charge < -0.3 is 9.80 Å². The van der Waals surface area contributed by atoms with E-state index in [1.165, 1.54) is 0 Å². The molecule has 7 nitrogen and oxygen atoms in total. The maximum absolute atomic E-state index is 4.42. The first kappa shape index (κ1) is 12.3. The van der Waals surface area contributed by atoms with E-state index in [9.17, 15) is 0 Å². The third kappa shape index (κ3) is 2.53. The molecule has 0 N–H and O–H groups in total. The van der Waals surface area contributed by atoms with Gasteiger partial charge in [-0.2, -0.15) is 0 Å². The highest BCUT2D eigenvalue weighted by Gasteiger charge is 2.21. The molecule has 0 saturated carbocycles. The molecular formula is C11H14BrN7. The lowest BCUT2D eigenvalue weighted by Gasteiger charge is -2.35. The van der Waals surface area contributed by atoms with Crippen LogP contribution in [0.3, 0.4) is 0 Å². The Hall–Kier alpha value is -1.70. The largest absolute Gasteiger partial charge is 0.353 e. The number of nitrogens with zero attached hydrogens (tertiary/aromatic N) is 7. The van der Waals surface area contributed by atoms with Crippen LogP contribution in [0.25, 0.3) is 0 Å². The molecule has 1 fully saturated rings. The van der Waals surface area contributed by atoms with Crippen LogP contribution in [0.4, 0.5) is 11.8 Å². The molecule has 19 heavy (non-hydrogen) atoms. The third-order valence-corrected chi connectivity index (χ3v) is 3.67. The minimum Gasteiger partial charge on any atom is -0.353 e. The summed E-state index contributed by atoms with van der Waals surface area (Å²) >= 11 is 3.40. The Bertz CT molecular complexity index is 544. The maximum atomic E-state index is 4.42. The molecule has 0 aliphatic carbocycles. The van der Waals surface area contributed by atoms with Crippen LogP contribution < -0.4 is 9.80 Å². The SMILES string of the molecule is Cn1nnnc1N1CCN(c2ccc(Br)cn2)CC1. The number of halogens is 1. The lowest BCUT2D eigenvalue weighted by molar-refractivity contribution is 0.613. The first-order valence-electron chi connectivity index (χ1n) is 6.08. The van der Waals surface area contributed by atoms with Crippen molar-refractivity contribution in [3.8, 4) is 0 Å². The topological polar surface area (TPSA) is 63.0 Å². The van der Waals surface area contributed by atoms with Crippen LogP contribution in [0.2, 0.25) is 0 Å². The van der Waals surface area contributed by atoms with E-state index in [1.54, 1.807) is 4.68 Å². The van der Waals surface area contributed by atoms with Crippen LogP contribution in [0.1, 0.15) is 0 Å². The number of piperazine rings is 1. The minimum atomic E-state index is 0.823. The van der Waals surface area contributed by atoms with Crippen molar-refractivity contribution in [2.45, 2.75) is 0 Å². The zero-order chi connectivity index (χ0) is 13.2. The van der Waals surface area contributed by atoms with Crippen LogP contribution in [0, 0.1) is 0 Å². The number of hydrogen-bond acceptors (Lipinski definition) is 6. The Balaban J connectivity index is 1.66. The number of aromatic nitrogens is 5. The van der Waals surface area contributed by atoms with Crippen LogP contribution in [-0.2, 0) is 7.05 Å². The number of anilines is 2. The monoisotopic (exact) mass is 323 g/mol. The summed E-state index contributed by atoms with van der Waals surface area (Å²) in [7, 11) is 1.86. The van der Waals surface area contributed by atoms with Crippen molar-refractivity contribution in [2.24, 2.45) is 7.05 Å². The highest BCUT2D eigenvalue weighted by molar-refractivity contribution is 9.10. The number of hydrogen-bond donors (Lipinski definition) is 0. The summed E-state index contributed by atoms with van der Waals surface area (Å²) in [6.07, 6.45) is 1.83. The zero-order valence-corrected chi connectivity index (χ0v) is 12.2. The fourth-order valence-electron chi connectivity index (χ4n) is 2.18. The Morgan fingerprint density at radius 2 is 1.84 bits per heavy atom. The van der Waals surface area contributed by atoms with E-state index < -0.39 is 0 Å². The fourth-order valence-corrected chi connectivity index (χ4v) is 2.42. The number of aryl methyl sites for hydroxylation is 1. The molecule has 1 aliphatic rings. The Morgan fingerprint density at radius 3 is 2.42 bits per heavy atom. The van der Waals surface area contributed by atoms with Gasteiger partial charge in [0.2, 0.25) is 5.95 Å². The van der Waals surface area contributed by atoms with Gasteiger partial charge in [0.05, 0.1) is 0 Å². The van der Waals surface area contributed by atoms with Gasteiger partial charge in [0.15, 0.2) is 0 Å². The van der Waals surface area contributed by atoms with Crippen molar-refractivity contribution in [3.63, 3.8) is 0 Å². The minimum absolute atomic E-state index is 0.823. The van der Waals surface area contributed by atoms with Crippen LogP contribution in [0.15, 0.2) is 22.8 Å². The average Bonchev–Trinajstić information content (AvgIpc) is 2.86. The summed E-state index contributed by atoms with van der Waals surface area (Å²) in [5.74, 6) is 1.84. The molecular weight excluding hydrogens is 310 g/mol. The van der Waals surface area contributed by atoms with E-state index in [0.29, 0.717) is 0 Å². The van der Waals surface area contributed by atoms with E-state index in [-0.39, 0.29) is 0 Å². The molecule has 0 atom stereocenters. The molecule has 2 aromatic rings. The molecule has 0 spiro atoms. The quantitative estimate of drug-likeness (QED) is 0.810. The van der Waals surface area contributed by atoms with Gasteiger partial charge in [0.1, 0.15) is 5.82 Å². The molecule has 3 heterocycles. The molecule has 100 valence electrons. The Kier molecular flexibility index (Phi) is 3.33. The van der Waals surface area contributed by atoms with Crippen molar-refractivity contribution < 1.29 is 0 Å². The normalized spacial score (nSPS) is 15.9. The molecule has 0 aromatic carbocycles. The number of tetrazole rings is 1. The van der Waals surface area contributed by atoms with Crippen LogP contribution in [-0.4, -0.2) is 51.4 Å². The van der Waals surface area contributed by atoms with Crippen molar-refractivity contribution in [3.05, 3.63) is 22.8 Å². The summed E-state index contributed by atoms with van der Waals surface area (Å²) < 4.78 is 2.70. The van der Waals surface area contributed by atoms with Gasteiger partial charge in [-0.05, 0) is 38.5 Å². The summed E-state index contributed by atoms with van der Waals surface area (Å²) in [4.78, 5) is 8.88. The molecule has 0 amide bonds. The van der Waals surface area contributed by atoms with E-state index in [4.69, 9.17) is 0 Å². The summed E-state index contributed by atoms with van der Waals surface area (Å²) in [6.45, 7) is 3.63. The summed E-state index contributed by atoms with van der Waals surface area (Å²) in [5, 5.41) is 11.6. The van der Waals surface area contributed by atoms with Gasteiger partial charge in [-0.15, -0.1) is 0 Å². The molecule has 0 bridgehead atoms. The summed E-state index contributed by atoms with van der Waals surface area (Å²) in [6, 6.07) is 4.05. The second-order valence-electron chi connectivity index (χ2n) is 4.41. The highest BCUT2D eigenvalue weighted by atomic mass is 79.9. The summed E-state index contributed by atoms with van der Waals surface area (Å²) in [5.41, 5.74) is 0. The van der Waals surface area contributed by atoms with Gasteiger partial charge in [0.25, 0.3) is 0 Å². The van der Waals surface area contributed by atoms with Gasteiger partial charge in [-0.3, -0.25) is 0 Å². The van der Waals surface area contributed by atoms with Crippen LogP contribution in [0.5, 0.6) is 0 Å². The van der Waals surface area contributed by atoms with E-state index in [1.807, 2.05) is 25.4 Å². The van der Waals surface area contributed by atoms with E-state index in [2.05, 4.69) is 46.2 Å². The zero-order valence-electron chi connectivity index (χ0n) is 10.6. The Labute approximate surface area is 119 Å².